The third-order valence-electron chi connectivity index (χ3n) is 3.72. The maximum atomic E-state index is 12.4. The average molecular weight is 398 g/mol. The molecular weight excluding hydrogens is 382 g/mol. The van der Waals surface area contributed by atoms with Crippen molar-refractivity contribution in [3.05, 3.63) is 62.6 Å². The van der Waals surface area contributed by atoms with Crippen LogP contribution in [0.3, 0.4) is 0 Å². The first-order chi connectivity index (χ1) is 12.7. The summed E-state index contributed by atoms with van der Waals surface area (Å²) in [6.07, 6.45) is 0.265. The molecule has 3 heterocycles. The monoisotopic (exact) mass is 397 g/mol. The van der Waals surface area contributed by atoms with E-state index in [1.165, 1.54) is 0 Å². The SMILES string of the molecule is Cc1nc(-c2cccc(NC(=O)Cc3csc(-c4ccsc4)n3)c2)cs1. The molecule has 0 bridgehead atoms. The topological polar surface area (TPSA) is 54.9 Å². The van der Waals surface area contributed by atoms with Crippen LogP contribution in [0, 0.1) is 6.92 Å². The van der Waals surface area contributed by atoms with E-state index >= 15 is 0 Å². The lowest BCUT2D eigenvalue weighted by Gasteiger charge is -2.06. The maximum Gasteiger partial charge on any atom is 0.230 e. The van der Waals surface area contributed by atoms with E-state index in [0.29, 0.717) is 0 Å². The van der Waals surface area contributed by atoms with E-state index in [1.807, 2.05) is 53.4 Å². The molecule has 4 aromatic rings. The Morgan fingerprint density at radius 2 is 2.00 bits per heavy atom. The van der Waals surface area contributed by atoms with Gasteiger partial charge in [-0.15, -0.1) is 22.7 Å². The molecule has 0 unspecified atom stereocenters. The highest BCUT2D eigenvalue weighted by Crippen LogP contribution is 2.26. The minimum absolute atomic E-state index is 0.0706. The Labute approximate surface area is 163 Å². The van der Waals surface area contributed by atoms with Crippen molar-refractivity contribution >= 4 is 45.6 Å². The number of anilines is 1. The molecular formula is C19H15N3OS3. The van der Waals surface area contributed by atoms with Crippen LogP contribution in [0.25, 0.3) is 21.8 Å². The van der Waals surface area contributed by atoms with Gasteiger partial charge in [-0.25, -0.2) is 9.97 Å². The van der Waals surface area contributed by atoms with Gasteiger partial charge in [0.2, 0.25) is 5.91 Å². The van der Waals surface area contributed by atoms with Crippen molar-refractivity contribution in [1.82, 2.24) is 9.97 Å². The molecule has 130 valence electrons. The number of nitrogens with one attached hydrogen (secondary N) is 1. The van der Waals surface area contributed by atoms with E-state index in [9.17, 15) is 4.79 Å². The van der Waals surface area contributed by atoms with Crippen LogP contribution in [0.5, 0.6) is 0 Å². The van der Waals surface area contributed by atoms with Crippen molar-refractivity contribution in [3.63, 3.8) is 0 Å². The minimum atomic E-state index is -0.0706. The molecule has 1 aromatic carbocycles. The van der Waals surface area contributed by atoms with Crippen LogP contribution in [0.15, 0.2) is 51.9 Å². The van der Waals surface area contributed by atoms with Gasteiger partial charge in [-0.05, 0) is 30.5 Å². The fourth-order valence-corrected chi connectivity index (χ4v) is 4.68. The summed E-state index contributed by atoms with van der Waals surface area (Å²) in [6.45, 7) is 1.98. The number of rotatable bonds is 5. The van der Waals surface area contributed by atoms with Gasteiger partial charge in [-0.1, -0.05) is 12.1 Å². The van der Waals surface area contributed by atoms with Gasteiger partial charge in [0.1, 0.15) is 5.01 Å². The largest absolute Gasteiger partial charge is 0.326 e. The Hall–Kier alpha value is -2.35. The smallest absolute Gasteiger partial charge is 0.230 e. The number of carbonyl (C=O) groups excluding carboxylic acids is 1. The number of amides is 1. The van der Waals surface area contributed by atoms with Crippen molar-refractivity contribution < 1.29 is 4.79 Å². The molecule has 1 amide bonds. The standard InChI is InChI=1S/C19H15N3OS3/c1-12-20-17(11-25-12)13-3-2-4-15(7-13)21-18(23)8-16-10-26-19(22-16)14-5-6-24-9-14/h2-7,9-11H,8H2,1H3,(H,21,23). The highest BCUT2D eigenvalue weighted by molar-refractivity contribution is 7.14. The molecule has 0 saturated heterocycles. The molecule has 0 radical (unpaired) electrons. The van der Waals surface area contributed by atoms with Gasteiger partial charge < -0.3 is 5.32 Å². The van der Waals surface area contributed by atoms with Crippen LogP contribution in [0.2, 0.25) is 0 Å². The predicted molar refractivity (Wildman–Crippen MR) is 110 cm³/mol. The quantitative estimate of drug-likeness (QED) is 0.485. The molecule has 0 fully saturated rings. The third-order valence-corrected chi connectivity index (χ3v) is 6.12. The van der Waals surface area contributed by atoms with Crippen LogP contribution in [0.1, 0.15) is 10.7 Å². The maximum absolute atomic E-state index is 12.4. The van der Waals surface area contributed by atoms with Crippen molar-refractivity contribution in [2.45, 2.75) is 13.3 Å². The fraction of sp³-hybridized carbons (Fsp3) is 0.105. The summed E-state index contributed by atoms with van der Waals surface area (Å²) in [7, 11) is 0. The van der Waals surface area contributed by atoms with Crippen molar-refractivity contribution in [1.29, 1.82) is 0 Å². The first-order valence-corrected chi connectivity index (χ1v) is 10.7. The summed E-state index contributed by atoms with van der Waals surface area (Å²) in [4.78, 5) is 21.4. The van der Waals surface area contributed by atoms with E-state index in [2.05, 4.69) is 20.7 Å². The molecule has 0 atom stereocenters. The second-order valence-corrected chi connectivity index (χ2v) is 8.41. The molecule has 4 rings (SSSR count). The summed E-state index contributed by atoms with van der Waals surface area (Å²) in [5, 5.41) is 13.0. The molecule has 4 nitrogen and oxygen atoms in total. The minimum Gasteiger partial charge on any atom is -0.326 e. The Kier molecular flexibility index (Phi) is 4.92. The average Bonchev–Trinajstić information content (AvgIpc) is 3.35. The number of aryl methyl sites for hydroxylation is 1. The number of nitrogens with zero attached hydrogens (tertiary/aromatic N) is 2. The molecule has 0 aliphatic heterocycles. The Morgan fingerprint density at radius 1 is 1.08 bits per heavy atom. The number of hydrogen-bond acceptors (Lipinski definition) is 6. The number of benzene rings is 1. The molecule has 7 heteroatoms. The summed E-state index contributed by atoms with van der Waals surface area (Å²) in [5.41, 5.74) is 4.60. The normalized spacial score (nSPS) is 10.8. The number of hydrogen-bond donors (Lipinski definition) is 1. The second-order valence-electron chi connectivity index (χ2n) is 5.71. The van der Waals surface area contributed by atoms with Gasteiger partial charge >= 0.3 is 0 Å². The number of thiazole rings is 2. The highest BCUT2D eigenvalue weighted by atomic mass is 32.1. The highest BCUT2D eigenvalue weighted by Gasteiger charge is 2.10. The van der Waals surface area contributed by atoms with Crippen LogP contribution in [-0.4, -0.2) is 15.9 Å². The predicted octanol–water partition coefficient (Wildman–Crippen LogP) is 5.48. The van der Waals surface area contributed by atoms with Crippen LogP contribution in [0.4, 0.5) is 5.69 Å². The summed E-state index contributed by atoms with van der Waals surface area (Å²) < 4.78 is 0. The molecule has 1 N–H and O–H groups in total. The zero-order chi connectivity index (χ0) is 17.9. The van der Waals surface area contributed by atoms with E-state index in [0.717, 1.165) is 38.2 Å². The van der Waals surface area contributed by atoms with Crippen molar-refractivity contribution in [2.75, 3.05) is 5.32 Å². The molecule has 26 heavy (non-hydrogen) atoms. The lowest BCUT2D eigenvalue weighted by Crippen LogP contribution is -2.14. The zero-order valence-corrected chi connectivity index (χ0v) is 16.4. The van der Waals surface area contributed by atoms with Gasteiger partial charge in [0, 0.05) is 33.0 Å². The van der Waals surface area contributed by atoms with Gasteiger partial charge in [0.05, 0.1) is 22.8 Å². The first kappa shape index (κ1) is 17.1. The number of aromatic nitrogens is 2. The molecule has 3 aromatic heterocycles. The molecule has 0 spiro atoms. The van der Waals surface area contributed by atoms with E-state index in [4.69, 9.17) is 0 Å². The molecule has 0 aliphatic rings. The molecule has 0 saturated carbocycles. The van der Waals surface area contributed by atoms with Gasteiger partial charge in [-0.2, -0.15) is 11.3 Å². The first-order valence-electron chi connectivity index (χ1n) is 7.97. The second kappa shape index (κ2) is 7.49. The van der Waals surface area contributed by atoms with Gasteiger partial charge in [0.15, 0.2) is 0 Å². The summed E-state index contributed by atoms with van der Waals surface area (Å²) in [5.74, 6) is -0.0706. The fourth-order valence-electron chi connectivity index (χ4n) is 2.53. The Morgan fingerprint density at radius 3 is 2.77 bits per heavy atom. The van der Waals surface area contributed by atoms with E-state index in [-0.39, 0.29) is 12.3 Å². The Balaban J connectivity index is 1.44. The van der Waals surface area contributed by atoms with E-state index < -0.39 is 0 Å². The van der Waals surface area contributed by atoms with Crippen LogP contribution >= 0.6 is 34.0 Å². The number of carbonyl (C=O) groups is 1. The van der Waals surface area contributed by atoms with Crippen molar-refractivity contribution in [3.8, 4) is 21.8 Å². The third kappa shape index (κ3) is 3.90. The Bertz CT molecular complexity index is 1030. The summed E-state index contributed by atoms with van der Waals surface area (Å²) in [6, 6.07) is 9.80. The van der Waals surface area contributed by atoms with Crippen LogP contribution in [-0.2, 0) is 11.2 Å². The lowest BCUT2D eigenvalue weighted by molar-refractivity contribution is -0.115. The lowest BCUT2D eigenvalue weighted by atomic mass is 10.1. The van der Waals surface area contributed by atoms with Gasteiger partial charge in [-0.3, -0.25) is 4.79 Å². The zero-order valence-electron chi connectivity index (χ0n) is 13.9. The van der Waals surface area contributed by atoms with Crippen molar-refractivity contribution in [2.24, 2.45) is 0 Å². The number of thiophene rings is 1. The van der Waals surface area contributed by atoms with Crippen LogP contribution < -0.4 is 5.32 Å². The summed E-state index contributed by atoms with van der Waals surface area (Å²) >= 11 is 4.83. The molecule has 0 aliphatic carbocycles. The van der Waals surface area contributed by atoms with Gasteiger partial charge in [0.25, 0.3) is 0 Å². The van der Waals surface area contributed by atoms with E-state index in [1.54, 1.807) is 34.0 Å².